The average Bonchev–Trinajstić information content (AvgIpc) is 3.03. The van der Waals surface area contributed by atoms with Crippen molar-refractivity contribution in [2.24, 2.45) is 0 Å². The second-order valence-electron chi connectivity index (χ2n) is 6.32. The molecule has 3 unspecified atom stereocenters. The molecule has 1 aromatic heterocycles. The van der Waals surface area contributed by atoms with Gasteiger partial charge in [-0.3, -0.25) is 9.89 Å². The first-order valence-electron chi connectivity index (χ1n) is 8.20. The maximum atomic E-state index is 12.6. The van der Waals surface area contributed by atoms with Crippen molar-refractivity contribution in [3.63, 3.8) is 0 Å². The van der Waals surface area contributed by atoms with Gasteiger partial charge in [-0.25, -0.2) is 0 Å². The van der Waals surface area contributed by atoms with Crippen LogP contribution in [0, 0.1) is 0 Å². The summed E-state index contributed by atoms with van der Waals surface area (Å²) in [4.78, 5) is 12.6. The molecule has 0 saturated carbocycles. The molecule has 0 spiro atoms. The largest absolute Gasteiger partial charge is 0.388 e. The van der Waals surface area contributed by atoms with Crippen LogP contribution in [0.15, 0.2) is 36.5 Å². The Bertz CT molecular complexity index is 653. The van der Waals surface area contributed by atoms with E-state index >= 15 is 0 Å². The molecule has 0 saturated heterocycles. The number of nitrogens with one attached hydrogen (secondary N) is 2. The fourth-order valence-corrected chi connectivity index (χ4v) is 3.28. The number of hydrogen-bond acceptors (Lipinski definition) is 3. The number of carbonyl (C=O) groups is 1. The third kappa shape index (κ3) is 3.62. The van der Waals surface area contributed by atoms with Crippen LogP contribution in [0.2, 0.25) is 0 Å². The Morgan fingerprint density at radius 2 is 2.22 bits per heavy atom. The van der Waals surface area contributed by atoms with E-state index in [0.717, 1.165) is 36.1 Å². The minimum atomic E-state index is -0.567. The lowest BCUT2D eigenvalue weighted by atomic mass is 9.86. The lowest BCUT2D eigenvalue weighted by molar-refractivity contribution is -0.123. The van der Waals surface area contributed by atoms with Crippen LogP contribution in [0.1, 0.15) is 55.0 Å². The van der Waals surface area contributed by atoms with Crippen LogP contribution in [0.4, 0.5) is 0 Å². The van der Waals surface area contributed by atoms with Gasteiger partial charge < -0.3 is 10.4 Å². The van der Waals surface area contributed by atoms with E-state index in [-0.39, 0.29) is 17.9 Å². The van der Waals surface area contributed by atoms with Crippen molar-refractivity contribution in [1.82, 2.24) is 15.5 Å². The van der Waals surface area contributed by atoms with E-state index in [1.807, 2.05) is 37.3 Å². The van der Waals surface area contributed by atoms with E-state index < -0.39 is 6.10 Å². The molecule has 0 bridgehead atoms. The third-order valence-electron chi connectivity index (χ3n) is 4.51. The van der Waals surface area contributed by atoms with Crippen LogP contribution in [0.5, 0.6) is 0 Å². The van der Waals surface area contributed by atoms with Crippen molar-refractivity contribution in [3.05, 3.63) is 53.3 Å². The number of rotatable bonds is 5. The summed E-state index contributed by atoms with van der Waals surface area (Å²) in [6.45, 7) is 1.93. The predicted octanol–water partition coefficient (Wildman–Crippen LogP) is 2.46. The first-order chi connectivity index (χ1) is 11.1. The molecule has 5 heteroatoms. The number of aromatic amines is 1. The van der Waals surface area contributed by atoms with Crippen molar-refractivity contribution in [1.29, 1.82) is 0 Å². The Morgan fingerprint density at radius 3 is 3.00 bits per heavy atom. The average molecular weight is 313 g/mol. The van der Waals surface area contributed by atoms with E-state index in [4.69, 9.17) is 0 Å². The number of amides is 1. The van der Waals surface area contributed by atoms with Gasteiger partial charge in [-0.1, -0.05) is 30.3 Å². The number of aliphatic hydroxyl groups excluding tert-OH is 1. The maximum absolute atomic E-state index is 12.6. The van der Waals surface area contributed by atoms with Gasteiger partial charge in [0, 0.05) is 17.3 Å². The number of aliphatic hydroxyl groups is 1. The second-order valence-corrected chi connectivity index (χ2v) is 6.32. The molecule has 122 valence electrons. The van der Waals surface area contributed by atoms with Crippen molar-refractivity contribution < 1.29 is 9.90 Å². The molecule has 0 fully saturated rings. The Morgan fingerprint density at radius 1 is 1.43 bits per heavy atom. The van der Waals surface area contributed by atoms with E-state index in [9.17, 15) is 9.90 Å². The van der Waals surface area contributed by atoms with Gasteiger partial charge in [-0.05, 0) is 38.2 Å². The molecule has 1 aliphatic carbocycles. The smallest absolute Gasteiger partial charge is 0.227 e. The Kier molecular flexibility index (Phi) is 4.76. The van der Waals surface area contributed by atoms with Crippen molar-refractivity contribution >= 4 is 5.91 Å². The number of aryl methyl sites for hydroxylation is 1. The lowest BCUT2D eigenvalue weighted by Gasteiger charge is -2.24. The van der Waals surface area contributed by atoms with Gasteiger partial charge in [0.1, 0.15) is 0 Å². The highest BCUT2D eigenvalue weighted by Gasteiger charge is 2.28. The van der Waals surface area contributed by atoms with E-state index in [2.05, 4.69) is 15.5 Å². The molecular weight excluding hydrogens is 290 g/mol. The van der Waals surface area contributed by atoms with Gasteiger partial charge in [0.25, 0.3) is 0 Å². The van der Waals surface area contributed by atoms with Gasteiger partial charge in [0.05, 0.1) is 18.2 Å². The highest BCUT2D eigenvalue weighted by molar-refractivity contribution is 5.84. The molecule has 1 aromatic carbocycles. The molecule has 0 radical (unpaired) electrons. The van der Waals surface area contributed by atoms with Crippen molar-refractivity contribution in [2.45, 2.75) is 50.7 Å². The summed E-state index contributed by atoms with van der Waals surface area (Å²) >= 11 is 0. The van der Waals surface area contributed by atoms with E-state index in [1.165, 1.54) is 0 Å². The standard InChI is InChI=1S/C18H23N3O2/c1-12(10-17(22)13-6-3-2-4-7-13)20-18(23)14-8-5-9-16-15(14)11-19-21-16/h2-4,6-7,11-12,14,17,22H,5,8-10H2,1H3,(H,19,21)(H,20,23). The van der Waals surface area contributed by atoms with Crippen LogP contribution >= 0.6 is 0 Å². The Balaban J connectivity index is 1.58. The lowest BCUT2D eigenvalue weighted by Crippen LogP contribution is -2.38. The van der Waals surface area contributed by atoms with E-state index in [0.29, 0.717) is 6.42 Å². The van der Waals surface area contributed by atoms with Crippen molar-refractivity contribution in [2.75, 3.05) is 0 Å². The van der Waals surface area contributed by atoms with Crippen LogP contribution in [0.3, 0.4) is 0 Å². The summed E-state index contributed by atoms with van der Waals surface area (Å²) in [5.74, 6) is -0.103. The number of fused-ring (bicyclic) bond motifs is 1. The molecule has 3 rings (SSSR count). The number of aromatic nitrogens is 2. The zero-order chi connectivity index (χ0) is 16.2. The minimum absolute atomic E-state index is 0.0279. The van der Waals surface area contributed by atoms with Gasteiger partial charge in [-0.2, -0.15) is 5.10 Å². The van der Waals surface area contributed by atoms with Gasteiger partial charge in [-0.15, -0.1) is 0 Å². The number of benzene rings is 1. The number of H-pyrrole nitrogens is 1. The number of nitrogens with zero attached hydrogens (tertiary/aromatic N) is 1. The van der Waals surface area contributed by atoms with Crippen LogP contribution < -0.4 is 5.32 Å². The summed E-state index contributed by atoms with van der Waals surface area (Å²) in [5, 5.41) is 20.4. The van der Waals surface area contributed by atoms with Crippen LogP contribution in [-0.2, 0) is 11.2 Å². The maximum Gasteiger partial charge on any atom is 0.227 e. The SMILES string of the molecule is CC(CC(O)c1ccccc1)NC(=O)C1CCCc2[nH]ncc21. The molecule has 1 heterocycles. The third-order valence-corrected chi connectivity index (χ3v) is 4.51. The van der Waals surface area contributed by atoms with Gasteiger partial charge >= 0.3 is 0 Å². The van der Waals surface area contributed by atoms with Crippen molar-refractivity contribution in [3.8, 4) is 0 Å². The fourth-order valence-electron chi connectivity index (χ4n) is 3.28. The Hall–Kier alpha value is -2.14. The number of carbonyl (C=O) groups excluding carboxylic acids is 1. The Labute approximate surface area is 136 Å². The first-order valence-corrected chi connectivity index (χ1v) is 8.20. The quantitative estimate of drug-likeness (QED) is 0.793. The van der Waals surface area contributed by atoms with Gasteiger partial charge in [0.15, 0.2) is 0 Å². The molecule has 1 aliphatic rings. The molecule has 5 nitrogen and oxygen atoms in total. The zero-order valence-electron chi connectivity index (χ0n) is 13.3. The molecule has 1 amide bonds. The molecule has 23 heavy (non-hydrogen) atoms. The highest BCUT2D eigenvalue weighted by Crippen LogP contribution is 2.30. The zero-order valence-corrected chi connectivity index (χ0v) is 13.3. The van der Waals surface area contributed by atoms with Gasteiger partial charge in [0.2, 0.25) is 5.91 Å². The summed E-state index contributed by atoms with van der Waals surface area (Å²) in [7, 11) is 0. The monoisotopic (exact) mass is 313 g/mol. The molecule has 0 aliphatic heterocycles. The fraction of sp³-hybridized carbons (Fsp3) is 0.444. The molecule has 2 aromatic rings. The highest BCUT2D eigenvalue weighted by atomic mass is 16.3. The van der Waals surface area contributed by atoms with E-state index in [1.54, 1.807) is 6.20 Å². The normalized spacial score (nSPS) is 19.7. The summed E-state index contributed by atoms with van der Waals surface area (Å²) < 4.78 is 0. The molecule has 3 atom stereocenters. The summed E-state index contributed by atoms with van der Waals surface area (Å²) in [5.41, 5.74) is 2.97. The summed E-state index contributed by atoms with van der Waals surface area (Å²) in [6, 6.07) is 9.45. The molecular formula is C18H23N3O2. The van der Waals surface area contributed by atoms with Crippen LogP contribution in [-0.4, -0.2) is 27.3 Å². The number of hydrogen-bond donors (Lipinski definition) is 3. The molecule has 3 N–H and O–H groups in total. The summed E-state index contributed by atoms with van der Waals surface area (Å²) in [6.07, 6.45) is 4.51. The second kappa shape index (κ2) is 6.96. The topological polar surface area (TPSA) is 78.0 Å². The van der Waals surface area contributed by atoms with Crippen LogP contribution in [0.25, 0.3) is 0 Å². The minimum Gasteiger partial charge on any atom is -0.388 e. The predicted molar refractivity (Wildman–Crippen MR) is 87.9 cm³/mol. The first kappa shape index (κ1) is 15.7.